The smallest absolute Gasteiger partial charge is 0.0493 e. The number of hydrogen-bond acceptors (Lipinski definition) is 2. The summed E-state index contributed by atoms with van der Waals surface area (Å²) in [6.45, 7) is 4.74. The molecule has 3 N–H and O–H groups in total. The summed E-state index contributed by atoms with van der Waals surface area (Å²) in [4.78, 5) is 0. The van der Waals surface area contributed by atoms with E-state index in [4.69, 9.17) is 5.84 Å². The number of fused-ring (bicyclic) bond motifs is 1. The summed E-state index contributed by atoms with van der Waals surface area (Å²) >= 11 is 0. The zero-order valence-corrected chi connectivity index (χ0v) is 12.4. The Morgan fingerprint density at radius 3 is 2.55 bits per heavy atom. The van der Waals surface area contributed by atoms with E-state index in [0.717, 1.165) is 0 Å². The zero-order chi connectivity index (χ0) is 14.2. The van der Waals surface area contributed by atoms with E-state index in [1.54, 1.807) is 0 Å². The van der Waals surface area contributed by atoms with Crippen molar-refractivity contribution in [1.29, 1.82) is 0 Å². The molecule has 0 amide bonds. The summed E-state index contributed by atoms with van der Waals surface area (Å²) in [5.41, 5.74) is 4.76. The van der Waals surface area contributed by atoms with E-state index in [2.05, 4.69) is 61.7 Å². The summed E-state index contributed by atoms with van der Waals surface area (Å²) in [5, 5.41) is 2.58. The SMILES string of the molecule is CC1(C)CCCC1C(NN)c1ccc2ccccc2c1. The van der Waals surface area contributed by atoms with Gasteiger partial charge in [0.05, 0.1) is 0 Å². The topological polar surface area (TPSA) is 38.0 Å². The highest BCUT2D eigenvalue weighted by Gasteiger charge is 2.39. The molecule has 0 spiro atoms. The normalized spacial score (nSPS) is 23.1. The Bertz CT molecular complexity index is 603. The summed E-state index contributed by atoms with van der Waals surface area (Å²) in [6, 6.07) is 15.5. The van der Waals surface area contributed by atoms with Gasteiger partial charge in [-0.3, -0.25) is 11.3 Å². The van der Waals surface area contributed by atoms with Crippen molar-refractivity contribution in [3.8, 4) is 0 Å². The summed E-state index contributed by atoms with van der Waals surface area (Å²) in [6.07, 6.45) is 3.86. The average Bonchev–Trinajstić information content (AvgIpc) is 2.79. The van der Waals surface area contributed by atoms with E-state index in [9.17, 15) is 0 Å². The Morgan fingerprint density at radius 2 is 1.90 bits per heavy atom. The lowest BCUT2D eigenvalue weighted by atomic mass is 9.75. The lowest BCUT2D eigenvalue weighted by Crippen LogP contribution is -2.37. The molecular weight excluding hydrogens is 244 g/mol. The molecule has 2 nitrogen and oxygen atoms in total. The highest BCUT2D eigenvalue weighted by molar-refractivity contribution is 5.83. The van der Waals surface area contributed by atoms with Crippen molar-refractivity contribution in [3.05, 3.63) is 48.0 Å². The third-order valence-electron chi connectivity index (χ3n) is 5.05. The second-order valence-corrected chi connectivity index (χ2v) is 6.74. The lowest BCUT2D eigenvalue weighted by Gasteiger charge is -2.34. The molecule has 106 valence electrons. The predicted octanol–water partition coefficient (Wildman–Crippen LogP) is 4.17. The maximum Gasteiger partial charge on any atom is 0.0493 e. The first-order valence-corrected chi connectivity index (χ1v) is 7.57. The number of hydrogen-bond donors (Lipinski definition) is 2. The fourth-order valence-electron chi connectivity index (χ4n) is 3.82. The van der Waals surface area contributed by atoms with Crippen molar-refractivity contribution in [2.24, 2.45) is 17.2 Å². The minimum Gasteiger partial charge on any atom is -0.271 e. The molecule has 0 saturated heterocycles. The fourth-order valence-corrected chi connectivity index (χ4v) is 3.82. The van der Waals surface area contributed by atoms with Gasteiger partial charge in [-0.05, 0) is 46.6 Å². The summed E-state index contributed by atoms with van der Waals surface area (Å²) in [7, 11) is 0. The molecule has 2 aromatic rings. The Hall–Kier alpha value is -1.38. The van der Waals surface area contributed by atoms with E-state index >= 15 is 0 Å². The molecule has 2 aromatic carbocycles. The molecule has 3 rings (SSSR count). The van der Waals surface area contributed by atoms with Gasteiger partial charge in [0.2, 0.25) is 0 Å². The van der Waals surface area contributed by atoms with Gasteiger partial charge in [-0.15, -0.1) is 0 Å². The monoisotopic (exact) mass is 268 g/mol. The van der Waals surface area contributed by atoms with Crippen molar-refractivity contribution < 1.29 is 0 Å². The molecule has 20 heavy (non-hydrogen) atoms. The minimum absolute atomic E-state index is 0.247. The van der Waals surface area contributed by atoms with Gasteiger partial charge in [-0.2, -0.15) is 0 Å². The maximum atomic E-state index is 5.90. The number of nitrogens with two attached hydrogens (primary N) is 1. The van der Waals surface area contributed by atoms with Gasteiger partial charge in [0.15, 0.2) is 0 Å². The first-order chi connectivity index (χ1) is 9.62. The Morgan fingerprint density at radius 1 is 1.15 bits per heavy atom. The van der Waals surface area contributed by atoms with E-state index in [0.29, 0.717) is 11.3 Å². The van der Waals surface area contributed by atoms with Gasteiger partial charge in [0.1, 0.15) is 0 Å². The molecule has 2 atom stereocenters. The molecule has 0 aliphatic heterocycles. The Labute approximate surface area is 121 Å². The fraction of sp³-hybridized carbons (Fsp3) is 0.444. The highest BCUT2D eigenvalue weighted by atomic mass is 15.2. The average molecular weight is 268 g/mol. The van der Waals surface area contributed by atoms with Gasteiger partial charge < -0.3 is 0 Å². The second kappa shape index (κ2) is 5.19. The van der Waals surface area contributed by atoms with Gasteiger partial charge >= 0.3 is 0 Å². The van der Waals surface area contributed by atoms with Crippen LogP contribution in [-0.4, -0.2) is 0 Å². The number of hydrazine groups is 1. The first kappa shape index (κ1) is 13.6. The summed E-state index contributed by atoms with van der Waals surface area (Å²) < 4.78 is 0. The van der Waals surface area contributed by atoms with Crippen LogP contribution in [0.3, 0.4) is 0 Å². The molecule has 0 radical (unpaired) electrons. The number of rotatable bonds is 3. The van der Waals surface area contributed by atoms with Crippen LogP contribution in [0.2, 0.25) is 0 Å². The van der Waals surface area contributed by atoms with Crippen molar-refractivity contribution in [2.75, 3.05) is 0 Å². The summed E-state index contributed by atoms with van der Waals surface area (Å²) in [5.74, 6) is 6.51. The molecular formula is C18H24N2. The molecule has 0 bridgehead atoms. The molecule has 0 heterocycles. The van der Waals surface area contributed by atoms with Crippen LogP contribution >= 0.6 is 0 Å². The second-order valence-electron chi connectivity index (χ2n) is 6.74. The van der Waals surface area contributed by atoms with Crippen LogP contribution < -0.4 is 11.3 Å². The molecule has 1 fully saturated rings. The van der Waals surface area contributed by atoms with Crippen LogP contribution in [0.15, 0.2) is 42.5 Å². The molecule has 1 saturated carbocycles. The van der Waals surface area contributed by atoms with Crippen LogP contribution in [0.25, 0.3) is 10.8 Å². The molecule has 2 heteroatoms. The molecule has 2 unspecified atom stereocenters. The van der Waals surface area contributed by atoms with Crippen LogP contribution in [-0.2, 0) is 0 Å². The Kier molecular flexibility index (Phi) is 3.53. The lowest BCUT2D eigenvalue weighted by molar-refractivity contribution is 0.198. The van der Waals surface area contributed by atoms with Crippen molar-refractivity contribution in [1.82, 2.24) is 5.43 Å². The van der Waals surface area contributed by atoms with E-state index in [1.165, 1.54) is 35.6 Å². The van der Waals surface area contributed by atoms with E-state index < -0.39 is 0 Å². The third-order valence-corrected chi connectivity index (χ3v) is 5.05. The van der Waals surface area contributed by atoms with Crippen LogP contribution in [0.1, 0.15) is 44.7 Å². The third kappa shape index (κ3) is 2.34. The maximum absolute atomic E-state index is 5.90. The standard InChI is InChI=1S/C18H24N2/c1-18(2)11-5-8-16(18)17(20-19)15-10-9-13-6-3-4-7-14(13)12-15/h3-4,6-7,9-10,12,16-17,20H,5,8,11,19H2,1-2H3. The van der Waals surface area contributed by atoms with Crippen LogP contribution in [0.4, 0.5) is 0 Å². The number of nitrogens with one attached hydrogen (secondary N) is 1. The largest absolute Gasteiger partial charge is 0.271 e. The molecule has 0 aromatic heterocycles. The number of benzene rings is 2. The van der Waals surface area contributed by atoms with Gasteiger partial charge in [-0.25, -0.2) is 0 Å². The quantitative estimate of drug-likeness (QED) is 0.647. The predicted molar refractivity (Wildman–Crippen MR) is 85.1 cm³/mol. The van der Waals surface area contributed by atoms with Gasteiger partial charge in [0, 0.05) is 6.04 Å². The van der Waals surface area contributed by atoms with Crippen molar-refractivity contribution in [2.45, 2.75) is 39.2 Å². The van der Waals surface area contributed by atoms with Crippen LogP contribution in [0, 0.1) is 11.3 Å². The molecule has 1 aliphatic carbocycles. The van der Waals surface area contributed by atoms with Crippen molar-refractivity contribution in [3.63, 3.8) is 0 Å². The van der Waals surface area contributed by atoms with Crippen LogP contribution in [0.5, 0.6) is 0 Å². The van der Waals surface area contributed by atoms with Gasteiger partial charge in [0.25, 0.3) is 0 Å². The Balaban J connectivity index is 1.99. The van der Waals surface area contributed by atoms with E-state index in [-0.39, 0.29) is 6.04 Å². The zero-order valence-electron chi connectivity index (χ0n) is 12.4. The van der Waals surface area contributed by atoms with Crippen molar-refractivity contribution >= 4 is 10.8 Å². The highest BCUT2D eigenvalue weighted by Crippen LogP contribution is 2.48. The van der Waals surface area contributed by atoms with Gasteiger partial charge in [-0.1, -0.05) is 56.7 Å². The first-order valence-electron chi connectivity index (χ1n) is 7.57. The van der Waals surface area contributed by atoms with E-state index in [1.807, 2.05) is 0 Å². The minimum atomic E-state index is 0.247. The molecule has 1 aliphatic rings.